The van der Waals surface area contributed by atoms with Crippen molar-refractivity contribution in [3.63, 3.8) is 0 Å². The molecule has 0 fully saturated rings. The highest BCUT2D eigenvalue weighted by Gasteiger charge is 2.32. The Balaban J connectivity index is 0.000000111. The molecular formula is C107H68Cl3F3N28O5. The molecule has 0 saturated carbocycles. The Morgan fingerprint density at radius 2 is 0.562 bits per heavy atom. The zero-order valence-electron chi connectivity index (χ0n) is 75.4. The van der Waals surface area contributed by atoms with Crippen molar-refractivity contribution in [3.8, 4) is 79.8 Å². The zero-order chi connectivity index (χ0) is 99.5. The van der Waals surface area contributed by atoms with Crippen LogP contribution >= 0.6 is 34.8 Å². The Bertz CT molecular complexity index is 9530. The van der Waals surface area contributed by atoms with Crippen LogP contribution in [-0.2, 0) is 6.18 Å². The first-order valence-electron chi connectivity index (χ1n) is 44.8. The van der Waals surface area contributed by atoms with Crippen LogP contribution in [0.25, 0.3) is 156 Å². The van der Waals surface area contributed by atoms with Gasteiger partial charge in [0.1, 0.15) is 34.8 Å². The van der Waals surface area contributed by atoms with Crippen LogP contribution in [0.2, 0.25) is 15.1 Å². The average molecular weight is 1990 g/mol. The largest absolute Gasteiger partial charge is 0.457 e. The molecule has 12 heterocycles. The van der Waals surface area contributed by atoms with Gasteiger partial charge < -0.3 is 26.0 Å². The Hall–Kier alpha value is -19.7. The highest BCUT2D eigenvalue weighted by molar-refractivity contribution is 6.35. The predicted molar refractivity (Wildman–Crippen MR) is 558 cm³/mol. The second-order valence-corrected chi connectivity index (χ2v) is 33.8. The Morgan fingerprint density at radius 1 is 0.267 bits per heavy atom. The molecule has 0 aliphatic rings. The van der Waals surface area contributed by atoms with E-state index in [-0.39, 0.29) is 33.7 Å². The third-order valence-corrected chi connectivity index (χ3v) is 23.7. The van der Waals surface area contributed by atoms with Crippen LogP contribution in [0.4, 0.5) is 59.7 Å². The predicted octanol–water partition coefficient (Wildman–Crippen LogP) is 22.6. The number of aromatic amines is 4. The number of para-hydroxylation sites is 5. The van der Waals surface area contributed by atoms with Gasteiger partial charge in [-0.1, -0.05) is 229 Å². The third kappa shape index (κ3) is 19.2. The molecule has 25 rings (SSSR count). The van der Waals surface area contributed by atoms with Crippen LogP contribution < -0.4 is 48.2 Å². The van der Waals surface area contributed by atoms with E-state index >= 15 is 0 Å². The molecular weight excluding hydrogens is 1920 g/mol. The first-order valence-corrected chi connectivity index (χ1v) is 46.0. The van der Waals surface area contributed by atoms with E-state index in [1.54, 1.807) is 66.7 Å². The van der Waals surface area contributed by atoms with Crippen LogP contribution in [0.5, 0.6) is 11.5 Å². The fourth-order valence-electron chi connectivity index (χ4n) is 15.9. The van der Waals surface area contributed by atoms with Gasteiger partial charge in [0.25, 0.3) is 22.2 Å². The molecule has 0 radical (unpaired) electrons. The molecule has 0 bridgehead atoms. The number of rotatable bonds is 18. The van der Waals surface area contributed by atoms with Gasteiger partial charge >= 0.3 is 6.18 Å². The molecule has 25 aromatic rings. The van der Waals surface area contributed by atoms with Gasteiger partial charge in [-0.25, -0.2) is 39.9 Å². The van der Waals surface area contributed by atoms with Crippen molar-refractivity contribution in [3.05, 3.63) is 426 Å². The standard InChI is InChI=1S/C31H21N7O2.C26H16F3N7O.C25H15Cl2N7O.C25H16ClN7O/c39-27-19-26-28(37-38(27)21-15-17-23(18-16-21)40-22-11-5-2-6-12-22)31(36-35-26)34-30-24-13-7-8-14-25(24)32-29(33-30)20-9-3-1-4-10-20;27-26(28,29)16-9-6-10-17(13-16)36-21(37)14-20-22(35-36)25(34-33-20)32-24-18-11-4-5-12-19(18)30-23(31-24)15-7-2-1-3-8-15;26-15-10-11-20(17(27)12-15)34-21(35)13-19-22(33-34)25(32-31-19)30-24-16-8-4-5-9-18(16)28-23(29-24)14-6-2-1-3-7-14;26-16-10-12-17(13-11-16)33-21(34)14-20-22(32-33)25(31-30-20)29-24-18-8-4-5-9-19(18)27-23(28-24)15-6-2-1-3-7-15/h1-19,35H,(H,32,33,34,36);1-14,33H,(H,30,31,32,34);1-13,31H,(H,28,29,30,32);1-14,30H,(H,27,28,29,31). The number of halogens is 6. The number of hydrogen-bond donors (Lipinski definition) is 8. The number of fused-ring (bicyclic) bond motifs is 8. The lowest BCUT2D eigenvalue weighted by Gasteiger charge is -2.11. The van der Waals surface area contributed by atoms with Crippen molar-refractivity contribution in [2.24, 2.45) is 0 Å². The molecule has 0 amide bonds. The first kappa shape index (κ1) is 91.4. The fraction of sp³-hybridized carbons (Fsp3) is 0.00935. The lowest BCUT2D eigenvalue weighted by molar-refractivity contribution is -0.137. The smallest absolute Gasteiger partial charge is 0.416 e. The fourth-order valence-corrected chi connectivity index (χ4v) is 16.6. The molecule has 12 aromatic heterocycles. The number of hydrogen-bond acceptors (Lipinski definition) is 25. The Labute approximate surface area is 834 Å². The van der Waals surface area contributed by atoms with Crippen molar-refractivity contribution in [2.75, 3.05) is 21.3 Å². The summed E-state index contributed by atoms with van der Waals surface area (Å²) in [5, 5.41) is 64.4. The summed E-state index contributed by atoms with van der Waals surface area (Å²) in [6, 6.07) is 108. The lowest BCUT2D eigenvalue weighted by Crippen LogP contribution is -2.20. The van der Waals surface area contributed by atoms with E-state index in [2.05, 4.69) is 87.4 Å². The first-order chi connectivity index (χ1) is 71.3. The average Bonchev–Trinajstić information content (AvgIpc) is 1.59. The molecule has 146 heavy (non-hydrogen) atoms. The molecule has 0 aliphatic heterocycles. The van der Waals surface area contributed by atoms with Gasteiger partial charge in [0.2, 0.25) is 0 Å². The molecule has 8 N–H and O–H groups in total. The quantitative estimate of drug-likeness (QED) is 0.0395. The minimum absolute atomic E-state index is 0.0206. The van der Waals surface area contributed by atoms with Gasteiger partial charge in [0.05, 0.1) is 77.5 Å². The SMILES string of the molecule is O=c1cc2[nH]nc(Nc3nc(-c4ccccc4)nc4ccccc34)c2nn1-c1ccc(Cl)cc1.O=c1cc2[nH]nc(Nc3nc(-c4ccccc4)nc4ccccc34)c2nn1-c1ccc(Cl)cc1Cl.O=c1cc2[nH]nc(Nc3nc(-c4ccccc4)nc4ccccc34)c2nn1-c1ccc(Oc2ccccc2)cc1.O=c1cc2[nH]nc(Nc3nc(-c4ccccc4)nc4ccccc34)c2nn1-c1cccc(C(F)(F)F)c1. The molecule has 39 heteroatoms. The lowest BCUT2D eigenvalue weighted by atomic mass is 10.2. The minimum atomic E-state index is -4.56. The monoisotopic (exact) mass is 1990 g/mol. The molecule has 0 atom stereocenters. The number of H-pyrrole nitrogens is 4. The van der Waals surface area contributed by atoms with E-state index in [1.807, 2.05) is 249 Å². The molecule has 708 valence electrons. The van der Waals surface area contributed by atoms with E-state index in [1.165, 1.54) is 50.4 Å². The maximum Gasteiger partial charge on any atom is 0.416 e. The maximum absolute atomic E-state index is 13.2. The molecule has 0 spiro atoms. The molecule has 0 saturated heterocycles. The number of nitrogens with one attached hydrogen (secondary N) is 8. The number of ether oxygens (including phenoxy) is 1. The molecule has 13 aromatic carbocycles. The highest BCUT2D eigenvalue weighted by Crippen LogP contribution is 2.38. The van der Waals surface area contributed by atoms with E-state index in [4.69, 9.17) is 74.4 Å². The van der Waals surface area contributed by atoms with Crippen LogP contribution in [0, 0.1) is 0 Å². The van der Waals surface area contributed by atoms with E-state index in [9.17, 15) is 32.3 Å². The van der Waals surface area contributed by atoms with Crippen LogP contribution in [-0.4, -0.2) is 120 Å². The van der Waals surface area contributed by atoms with E-state index in [0.29, 0.717) is 146 Å². The van der Waals surface area contributed by atoms with Crippen molar-refractivity contribution in [2.45, 2.75) is 6.18 Å². The zero-order valence-corrected chi connectivity index (χ0v) is 77.7. The Morgan fingerprint density at radius 3 is 0.904 bits per heavy atom. The summed E-state index contributed by atoms with van der Waals surface area (Å²) in [6.07, 6.45) is -4.56. The number of aromatic nitrogens is 24. The number of anilines is 8. The van der Waals surface area contributed by atoms with Crippen molar-refractivity contribution in [1.29, 1.82) is 0 Å². The van der Waals surface area contributed by atoms with Crippen molar-refractivity contribution in [1.82, 2.24) is 120 Å². The Kier molecular flexibility index (Phi) is 24.7. The minimum Gasteiger partial charge on any atom is -0.457 e. The summed E-state index contributed by atoms with van der Waals surface area (Å²) < 4.78 is 50.3. The molecule has 0 unspecified atom stereocenters. The summed E-state index contributed by atoms with van der Waals surface area (Å²) in [6.45, 7) is 0. The second kappa shape index (κ2) is 39.5. The van der Waals surface area contributed by atoms with Gasteiger partial charge in [0, 0.05) is 78.1 Å². The van der Waals surface area contributed by atoms with Gasteiger partial charge in [-0.15, -0.1) is 0 Å². The normalized spacial score (nSPS) is 11.3. The number of nitrogens with zero attached hydrogens (tertiary/aromatic N) is 20. The maximum atomic E-state index is 13.2. The summed E-state index contributed by atoms with van der Waals surface area (Å²) in [4.78, 5) is 88.9. The molecule has 33 nitrogen and oxygen atoms in total. The highest BCUT2D eigenvalue weighted by atomic mass is 35.5. The van der Waals surface area contributed by atoms with Crippen LogP contribution in [0.1, 0.15) is 5.56 Å². The molecule has 0 aliphatic carbocycles. The number of alkyl halides is 3. The third-order valence-electron chi connectivity index (χ3n) is 23.0. The summed E-state index contributed by atoms with van der Waals surface area (Å²) in [5.74, 6) is 7.36. The topological polar surface area (TPSA) is 415 Å². The summed E-state index contributed by atoms with van der Waals surface area (Å²) in [5.41, 5.74) is 9.22. The van der Waals surface area contributed by atoms with Crippen LogP contribution in [0.15, 0.2) is 383 Å². The van der Waals surface area contributed by atoms with Gasteiger partial charge in [-0.05, 0) is 146 Å². The summed E-state index contributed by atoms with van der Waals surface area (Å²) >= 11 is 18.3. The summed E-state index contributed by atoms with van der Waals surface area (Å²) in [7, 11) is 0. The van der Waals surface area contributed by atoms with Crippen molar-refractivity contribution < 1.29 is 17.9 Å². The van der Waals surface area contributed by atoms with Crippen LogP contribution in [0.3, 0.4) is 0 Å². The van der Waals surface area contributed by atoms with Crippen molar-refractivity contribution >= 4 is 169 Å². The van der Waals surface area contributed by atoms with Gasteiger partial charge in [-0.2, -0.15) is 72.7 Å². The van der Waals surface area contributed by atoms with E-state index < -0.39 is 17.3 Å². The van der Waals surface area contributed by atoms with Gasteiger partial charge in [-0.3, -0.25) is 39.6 Å². The number of benzene rings is 13. The second-order valence-electron chi connectivity index (χ2n) is 32.6. The van der Waals surface area contributed by atoms with E-state index in [0.717, 1.165) is 82.9 Å². The van der Waals surface area contributed by atoms with Gasteiger partial charge in [0.15, 0.2) is 68.6 Å².